The summed E-state index contributed by atoms with van der Waals surface area (Å²) < 4.78 is 42.8. The molecule has 0 atom stereocenters. The summed E-state index contributed by atoms with van der Waals surface area (Å²) in [6.45, 7) is 4.89. The van der Waals surface area contributed by atoms with Gasteiger partial charge in [-0.25, -0.2) is 4.79 Å². The number of alkyl halides is 3. The monoisotopic (exact) mass is 280 g/mol. The third-order valence-corrected chi connectivity index (χ3v) is 2.24. The number of esters is 1. The zero-order valence-electron chi connectivity index (χ0n) is 10.1. The van der Waals surface area contributed by atoms with Crippen LogP contribution in [0.2, 0.25) is 5.02 Å². The highest BCUT2D eigenvalue weighted by Gasteiger charge is 2.34. The Balaban J connectivity index is 3.10. The molecule has 0 unspecified atom stereocenters. The van der Waals surface area contributed by atoms with Crippen molar-refractivity contribution in [3.8, 4) is 0 Å². The van der Waals surface area contributed by atoms with Gasteiger partial charge in [-0.15, -0.1) is 0 Å². The van der Waals surface area contributed by atoms with Gasteiger partial charge in [0.25, 0.3) is 0 Å². The SMILES string of the molecule is CC(C)(C)OC(=O)c1ccc(Cl)c(C(F)(F)F)c1. The van der Waals surface area contributed by atoms with Crippen LogP contribution < -0.4 is 0 Å². The minimum Gasteiger partial charge on any atom is -0.456 e. The predicted octanol–water partition coefficient (Wildman–Crippen LogP) is 4.31. The average molecular weight is 281 g/mol. The fourth-order valence-corrected chi connectivity index (χ4v) is 1.43. The lowest BCUT2D eigenvalue weighted by Gasteiger charge is -2.20. The van der Waals surface area contributed by atoms with Crippen molar-refractivity contribution in [2.24, 2.45) is 0 Å². The molecule has 0 radical (unpaired) electrons. The smallest absolute Gasteiger partial charge is 0.417 e. The van der Waals surface area contributed by atoms with E-state index in [1.807, 2.05) is 0 Å². The fourth-order valence-electron chi connectivity index (χ4n) is 1.21. The molecule has 0 fully saturated rings. The molecule has 0 aliphatic heterocycles. The van der Waals surface area contributed by atoms with E-state index >= 15 is 0 Å². The largest absolute Gasteiger partial charge is 0.456 e. The number of halogens is 4. The first kappa shape index (κ1) is 14.8. The molecule has 100 valence electrons. The Morgan fingerprint density at radius 2 is 1.78 bits per heavy atom. The number of carbonyl (C=O) groups excluding carboxylic acids is 1. The van der Waals surface area contributed by atoms with Gasteiger partial charge in [0.15, 0.2) is 0 Å². The summed E-state index contributed by atoms with van der Waals surface area (Å²) in [6, 6.07) is 2.92. The number of ether oxygens (including phenoxy) is 1. The lowest BCUT2D eigenvalue weighted by Crippen LogP contribution is -2.24. The zero-order valence-corrected chi connectivity index (χ0v) is 10.8. The van der Waals surface area contributed by atoms with Crippen LogP contribution in [0, 0.1) is 0 Å². The van der Waals surface area contributed by atoms with Gasteiger partial charge >= 0.3 is 12.1 Å². The standard InChI is InChI=1S/C12H12ClF3O2/c1-11(2,3)18-10(17)7-4-5-9(13)8(6-7)12(14,15)16/h4-6H,1-3H3. The van der Waals surface area contributed by atoms with Gasteiger partial charge in [-0.2, -0.15) is 13.2 Å². The van der Waals surface area contributed by atoms with Gasteiger partial charge in [-0.3, -0.25) is 0 Å². The van der Waals surface area contributed by atoms with Crippen molar-refractivity contribution in [1.82, 2.24) is 0 Å². The molecule has 0 aliphatic carbocycles. The van der Waals surface area contributed by atoms with Crippen molar-refractivity contribution in [2.45, 2.75) is 32.5 Å². The van der Waals surface area contributed by atoms with E-state index in [2.05, 4.69) is 0 Å². The second kappa shape index (κ2) is 4.80. The average Bonchev–Trinajstić information content (AvgIpc) is 2.13. The summed E-state index contributed by atoms with van der Waals surface area (Å²) >= 11 is 5.45. The molecular weight excluding hydrogens is 269 g/mol. The molecule has 6 heteroatoms. The molecule has 0 spiro atoms. The number of carbonyl (C=O) groups is 1. The Hall–Kier alpha value is -1.23. The van der Waals surface area contributed by atoms with Crippen molar-refractivity contribution in [2.75, 3.05) is 0 Å². The molecule has 0 saturated carbocycles. The molecular formula is C12H12ClF3O2. The van der Waals surface area contributed by atoms with Gasteiger partial charge in [0, 0.05) is 0 Å². The molecule has 0 heterocycles. The molecule has 0 bridgehead atoms. The fraction of sp³-hybridized carbons (Fsp3) is 0.417. The Morgan fingerprint density at radius 3 is 2.22 bits per heavy atom. The van der Waals surface area contributed by atoms with Crippen molar-refractivity contribution in [3.63, 3.8) is 0 Å². The van der Waals surface area contributed by atoms with Crippen LogP contribution in [0.3, 0.4) is 0 Å². The van der Waals surface area contributed by atoms with Gasteiger partial charge in [0.2, 0.25) is 0 Å². The van der Waals surface area contributed by atoms with Crippen molar-refractivity contribution in [1.29, 1.82) is 0 Å². The lowest BCUT2D eigenvalue weighted by atomic mass is 10.1. The van der Waals surface area contributed by atoms with Gasteiger partial charge in [0.05, 0.1) is 16.1 Å². The van der Waals surface area contributed by atoms with E-state index in [4.69, 9.17) is 16.3 Å². The quantitative estimate of drug-likeness (QED) is 0.716. The Bertz CT molecular complexity index is 461. The maximum Gasteiger partial charge on any atom is 0.417 e. The van der Waals surface area contributed by atoms with Crippen LogP contribution in [-0.2, 0) is 10.9 Å². The molecule has 0 saturated heterocycles. The Labute approximate surface area is 108 Å². The third kappa shape index (κ3) is 3.91. The summed E-state index contributed by atoms with van der Waals surface area (Å²) in [7, 11) is 0. The van der Waals surface area contributed by atoms with Crippen LogP contribution in [0.15, 0.2) is 18.2 Å². The number of benzene rings is 1. The van der Waals surface area contributed by atoms with E-state index in [0.29, 0.717) is 6.07 Å². The highest BCUT2D eigenvalue weighted by Crippen LogP contribution is 2.35. The summed E-state index contributed by atoms with van der Waals surface area (Å²) in [4.78, 5) is 11.6. The van der Waals surface area contributed by atoms with Crippen molar-refractivity contribution >= 4 is 17.6 Å². The number of rotatable bonds is 1. The van der Waals surface area contributed by atoms with Crippen LogP contribution in [0.1, 0.15) is 36.7 Å². The second-order valence-electron chi connectivity index (χ2n) is 4.69. The first-order chi connectivity index (χ1) is 8.00. The third-order valence-electron chi connectivity index (χ3n) is 1.91. The van der Waals surface area contributed by atoms with Gasteiger partial charge < -0.3 is 4.74 Å². The summed E-state index contributed by atoms with van der Waals surface area (Å²) in [6.07, 6.45) is -4.60. The molecule has 18 heavy (non-hydrogen) atoms. The first-order valence-electron chi connectivity index (χ1n) is 5.11. The van der Waals surface area contributed by atoms with E-state index in [9.17, 15) is 18.0 Å². The lowest BCUT2D eigenvalue weighted by molar-refractivity contribution is -0.137. The molecule has 1 aromatic carbocycles. The number of hydrogen-bond acceptors (Lipinski definition) is 2. The van der Waals surface area contributed by atoms with Crippen LogP contribution in [0.5, 0.6) is 0 Å². The summed E-state index contributed by atoms with van der Waals surface area (Å²) in [5, 5.41) is -0.449. The maximum absolute atomic E-state index is 12.6. The molecule has 1 aromatic rings. The van der Waals surface area contributed by atoms with Gasteiger partial charge in [-0.05, 0) is 39.0 Å². The topological polar surface area (TPSA) is 26.3 Å². The molecule has 0 amide bonds. The molecule has 1 rings (SSSR count). The summed E-state index contributed by atoms with van der Waals surface area (Å²) in [5.41, 5.74) is -2.00. The van der Waals surface area contributed by atoms with Crippen LogP contribution in [-0.4, -0.2) is 11.6 Å². The Morgan fingerprint density at radius 1 is 1.22 bits per heavy atom. The maximum atomic E-state index is 12.6. The zero-order chi connectivity index (χ0) is 14.1. The van der Waals surface area contributed by atoms with Crippen molar-refractivity contribution in [3.05, 3.63) is 34.3 Å². The Kier molecular flexibility index (Phi) is 3.96. The normalized spacial score (nSPS) is 12.4. The highest BCUT2D eigenvalue weighted by molar-refractivity contribution is 6.31. The van der Waals surface area contributed by atoms with Crippen LogP contribution >= 0.6 is 11.6 Å². The van der Waals surface area contributed by atoms with E-state index in [-0.39, 0.29) is 5.56 Å². The molecule has 2 nitrogen and oxygen atoms in total. The molecule has 0 aromatic heterocycles. The highest BCUT2D eigenvalue weighted by atomic mass is 35.5. The van der Waals surface area contributed by atoms with Crippen molar-refractivity contribution < 1.29 is 22.7 Å². The molecule has 0 N–H and O–H groups in total. The molecule has 0 aliphatic rings. The minimum absolute atomic E-state index is 0.179. The van der Waals surface area contributed by atoms with E-state index < -0.39 is 28.3 Å². The second-order valence-corrected chi connectivity index (χ2v) is 5.10. The van der Waals surface area contributed by atoms with Gasteiger partial charge in [-0.1, -0.05) is 11.6 Å². The van der Waals surface area contributed by atoms with Crippen LogP contribution in [0.4, 0.5) is 13.2 Å². The minimum atomic E-state index is -4.60. The predicted molar refractivity (Wildman–Crippen MR) is 61.6 cm³/mol. The number of hydrogen-bond donors (Lipinski definition) is 0. The van der Waals surface area contributed by atoms with E-state index in [1.54, 1.807) is 20.8 Å². The first-order valence-corrected chi connectivity index (χ1v) is 5.48. The summed E-state index contributed by atoms with van der Waals surface area (Å²) in [5.74, 6) is -0.815. The van der Waals surface area contributed by atoms with Gasteiger partial charge in [0.1, 0.15) is 5.60 Å². The van der Waals surface area contributed by atoms with E-state index in [0.717, 1.165) is 6.07 Å². The van der Waals surface area contributed by atoms with E-state index in [1.165, 1.54) is 6.07 Å². The van der Waals surface area contributed by atoms with Crippen LogP contribution in [0.25, 0.3) is 0 Å².